The van der Waals surface area contributed by atoms with Gasteiger partial charge in [-0.05, 0) is 25.4 Å². The molecule has 0 saturated heterocycles. The fourth-order valence-corrected chi connectivity index (χ4v) is 3.98. The van der Waals surface area contributed by atoms with Gasteiger partial charge in [0.15, 0.2) is 15.6 Å². The van der Waals surface area contributed by atoms with Crippen LogP contribution in [0, 0.1) is 0 Å². The number of carbonyl (C=O) groups is 1. The summed E-state index contributed by atoms with van der Waals surface area (Å²) in [7, 11) is -3.66. The standard InChI is InChI=1S/C17H19ClO5S/c1-4-22-14-11-9-7-8-10-12(11)16(24(20,21)6-3)15(23-5-2)13(14)17(18)19/h7-10H,4-6H2,1-3H3. The Morgan fingerprint density at radius 1 is 1.00 bits per heavy atom. The monoisotopic (exact) mass is 370 g/mol. The minimum Gasteiger partial charge on any atom is -0.492 e. The molecule has 0 spiro atoms. The molecule has 5 nitrogen and oxygen atoms in total. The molecule has 2 rings (SSSR count). The van der Waals surface area contributed by atoms with Crippen LogP contribution in [0.25, 0.3) is 10.8 Å². The lowest BCUT2D eigenvalue weighted by Crippen LogP contribution is -2.13. The number of hydrogen-bond acceptors (Lipinski definition) is 5. The highest BCUT2D eigenvalue weighted by atomic mass is 35.5. The van der Waals surface area contributed by atoms with Crippen LogP contribution in [0.5, 0.6) is 11.5 Å². The lowest BCUT2D eigenvalue weighted by molar-refractivity contribution is 0.107. The molecule has 2 aromatic rings. The average molecular weight is 371 g/mol. The van der Waals surface area contributed by atoms with E-state index >= 15 is 0 Å². The molecular formula is C17H19ClO5S. The predicted molar refractivity (Wildman–Crippen MR) is 94.2 cm³/mol. The van der Waals surface area contributed by atoms with Crippen LogP contribution in [0.15, 0.2) is 29.2 Å². The summed E-state index contributed by atoms with van der Waals surface area (Å²) in [6, 6.07) is 6.85. The number of fused-ring (bicyclic) bond motifs is 1. The van der Waals surface area contributed by atoms with Gasteiger partial charge in [0.05, 0.1) is 19.0 Å². The zero-order valence-electron chi connectivity index (χ0n) is 13.8. The molecule has 0 aromatic heterocycles. The van der Waals surface area contributed by atoms with Crippen LogP contribution in [-0.2, 0) is 9.84 Å². The fraction of sp³-hybridized carbons (Fsp3) is 0.353. The quantitative estimate of drug-likeness (QED) is 0.693. The zero-order chi connectivity index (χ0) is 17.9. The van der Waals surface area contributed by atoms with Crippen LogP contribution < -0.4 is 9.47 Å². The summed E-state index contributed by atoms with van der Waals surface area (Å²) in [6.45, 7) is 5.51. The molecule has 130 valence electrons. The number of benzene rings is 2. The molecule has 0 heterocycles. The molecule has 0 bridgehead atoms. The highest BCUT2D eigenvalue weighted by Gasteiger charge is 2.31. The first-order valence-corrected chi connectivity index (χ1v) is 9.68. The Kier molecular flexibility index (Phi) is 5.72. The van der Waals surface area contributed by atoms with Gasteiger partial charge in [-0.15, -0.1) is 0 Å². The van der Waals surface area contributed by atoms with Crippen molar-refractivity contribution in [2.75, 3.05) is 19.0 Å². The summed E-state index contributed by atoms with van der Waals surface area (Å²) in [5, 5.41) is 0.145. The summed E-state index contributed by atoms with van der Waals surface area (Å²) in [5.74, 6) is 0.0779. The summed E-state index contributed by atoms with van der Waals surface area (Å²) >= 11 is 5.76. The van der Waals surface area contributed by atoms with Gasteiger partial charge >= 0.3 is 0 Å². The first kappa shape index (κ1) is 18.5. The number of sulfone groups is 1. The predicted octanol–water partition coefficient (Wildman–Crippen LogP) is 3.81. The van der Waals surface area contributed by atoms with E-state index in [9.17, 15) is 13.2 Å². The van der Waals surface area contributed by atoms with E-state index < -0.39 is 15.1 Å². The van der Waals surface area contributed by atoms with Crippen LogP contribution in [0.2, 0.25) is 0 Å². The van der Waals surface area contributed by atoms with E-state index in [0.29, 0.717) is 17.4 Å². The number of halogens is 1. The van der Waals surface area contributed by atoms with Crippen LogP contribution in [0.4, 0.5) is 0 Å². The first-order chi connectivity index (χ1) is 11.4. The van der Waals surface area contributed by atoms with E-state index in [-0.39, 0.29) is 34.3 Å². The maximum atomic E-state index is 12.7. The lowest BCUT2D eigenvalue weighted by Gasteiger charge is -2.20. The number of hydrogen-bond donors (Lipinski definition) is 0. The van der Waals surface area contributed by atoms with Crippen molar-refractivity contribution in [3.05, 3.63) is 29.8 Å². The third-order valence-electron chi connectivity index (χ3n) is 3.54. The number of carbonyl (C=O) groups excluding carboxylic acids is 1. The SMILES string of the molecule is CCOc1c(C(=O)Cl)c(OCC)c2ccccc2c1S(=O)(=O)CC. The first-order valence-electron chi connectivity index (χ1n) is 7.65. The Balaban J connectivity index is 3.11. The van der Waals surface area contributed by atoms with Crippen LogP contribution in [0.3, 0.4) is 0 Å². The second-order valence-corrected chi connectivity index (χ2v) is 7.51. The third kappa shape index (κ3) is 3.21. The van der Waals surface area contributed by atoms with E-state index in [0.717, 1.165) is 0 Å². The molecule has 0 aliphatic heterocycles. The lowest BCUT2D eigenvalue weighted by atomic mass is 10.0. The molecule has 0 aliphatic rings. The van der Waals surface area contributed by atoms with Crippen LogP contribution in [-0.4, -0.2) is 32.6 Å². The molecule has 0 N–H and O–H groups in total. The van der Waals surface area contributed by atoms with Crippen molar-refractivity contribution in [1.29, 1.82) is 0 Å². The molecular weight excluding hydrogens is 352 g/mol. The maximum Gasteiger partial charge on any atom is 0.259 e. The van der Waals surface area contributed by atoms with E-state index in [2.05, 4.69) is 0 Å². The van der Waals surface area contributed by atoms with Gasteiger partial charge < -0.3 is 9.47 Å². The summed E-state index contributed by atoms with van der Waals surface area (Å²) in [5.41, 5.74) is -0.0499. The Morgan fingerprint density at radius 3 is 2.04 bits per heavy atom. The molecule has 24 heavy (non-hydrogen) atoms. The van der Waals surface area contributed by atoms with Crippen molar-refractivity contribution in [2.45, 2.75) is 25.7 Å². The highest BCUT2D eigenvalue weighted by molar-refractivity contribution is 7.91. The minimum atomic E-state index is -3.66. The van der Waals surface area contributed by atoms with E-state index in [1.165, 1.54) is 0 Å². The molecule has 0 amide bonds. The maximum absolute atomic E-state index is 12.7. The zero-order valence-corrected chi connectivity index (χ0v) is 15.3. The Bertz CT molecular complexity index is 874. The Morgan fingerprint density at radius 2 is 1.54 bits per heavy atom. The van der Waals surface area contributed by atoms with E-state index in [1.807, 2.05) is 0 Å². The smallest absolute Gasteiger partial charge is 0.259 e. The van der Waals surface area contributed by atoms with Crippen molar-refractivity contribution in [3.63, 3.8) is 0 Å². The van der Waals surface area contributed by atoms with Gasteiger partial charge in [0.1, 0.15) is 16.2 Å². The third-order valence-corrected chi connectivity index (χ3v) is 5.52. The van der Waals surface area contributed by atoms with Crippen LogP contribution >= 0.6 is 11.6 Å². The van der Waals surface area contributed by atoms with Gasteiger partial charge in [0.2, 0.25) is 0 Å². The molecule has 0 atom stereocenters. The molecule has 0 saturated carbocycles. The molecule has 7 heteroatoms. The molecule has 0 radical (unpaired) electrons. The molecule has 0 fully saturated rings. The van der Waals surface area contributed by atoms with E-state index in [1.54, 1.807) is 45.0 Å². The number of rotatable bonds is 7. The van der Waals surface area contributed by atoms with Crippen molar-refractivity contribution in [3.8, 4) is 11.5 Å². The highest BCUT2D eigenvalue weighted by Crippen LogP contribution is 2.44. The second kappa shape index (κ2) is 7.40. The minimum absolute atomic E-state index is 0.0186. The summed E-state index contributed by atoms with van der Waals surface area (Å²) in [6.07, 6.45) is 0. The summed E-state index contributed by atoms with van der Waals surface area (Å²) in [4.78, 5) is 12.0. The Labute approximate surface area is 146 Å². The molecule has 0 aliphatic carbocycles. The van der Waals surface area contributed by atoms with E-state index in [4.69, 9.17) is 21.1 Å². The number of ether oxygens (including phenoxy) is 2. The summed E-state index contributed by atoms with van der Waals surface area (Å²) < 4.78 is 36.5. The van der Waals surface area contributed by atoms with Gasteiger partial charge in [0.25, 0.3) is 5.24 Å². The van der Waals surface area contributed by atoms with Crippen molar-refractivity contribution < 1.29 is 22.7 Å². The van der Waals surface area contributed by atoms with Gasteiger partial charge in [-0.3, -0.25) is 4.79 Å². The average Bonchev–Trinajstić information content (AvgIpc) is 2.55. The normalized spacial score (nSPS) is 11.5. The largest absolute Gasteiger partial charge is 0.492 e. The van der Waals surface area contributed by atoms with Crippen LogP contribution in [0.1, 0.15) is 31.1 Å². The fourth-order valence-electron chi connectivity index (χ4n) is 2.56. The van der Waals surface area contributed by atoms with Gasteiger partial charge in [-0.1, -0.05) is 31.2 Å². The van der Waals surface area contributed by atoms with Gasteiger partial charge in [-0.25, -0.2) is 8.42 Å². The van der Waals surface area contributed by atoms with Gasteiger partial charge in [0, 0.05) is 10.8 Å². The topological polar surface area (TPSA) is 69.7 Å². The molecule has 0 unspecified atom stereocenters. The Hall–Kier alpha value is -1.79. The second-order valence-electron chi connectivity index (χ2n) is 4.95. The van der Waals surface area contributed by atoms with Crippen molar-refractivity contribution >= 4 is 37.5 Å². The van der Waals surface area contributed by atoms with Gasteiger partial charge in [-0.2, -0.15) is 0 Å². The van der Waals surface area contributed by atoms with Crippen molar-refractivity contribution in [2.24, 2.45) is 0 Å². The molecule has 2 aromatic carbocycles. The van der Waals surface area contributed by atoms with Crippen molar-refractivity contribution in [1.82, 2.24) is 0 Å².